The van der Waals surface area contributed by atoms with Crippen LogP contribution >= 0.6 is 11.3 Å². The predicted octanol–water partition coefficient (Wildman–Crippen LogP) is 2.75. The highest BCUT2D eigenvalue weighted by atomic mass is 32.1. The van der Waals surface area contributed by atoms with Crippen molar-refractivity contribution in [1.29, 1.82) is 0 Å². The maximum absolute atomic E-state index is 5.86. The van der Waals surface area contributed by atoms with Gasteiger partial charge in [-0.15, -0.1) is 5.10 Å². The van der Waals surface area contributed by atoms with Gasteiger partial charge < -0.3 is 10.1 Å². The van der Waals surface area contributed by atoms with Crippen molar-refractivity contribution in [2.24, 2.45) is 0 Å². The van der Waals surface area contributed by atoms with Crippen LogP contribution in [0.1, 0.15) is 51.0 Å². The molecule has 0 unspecified atom stereocenters. The Morgan fingerprint density at radius 2 is 2.06 bits per heavy atom. The highest BCUT2D eigenvalue weighted by Crippen LogP contribution is 2.25. The molecule has 1 aromatic heterocycles. The van der Waals surface area contributed by atoms with Gasteiger partial charge in [-0.3, -0.25) is 0 Å². The van der Waals surface area contributed by atoms with E-state index in [2.05, 4.69) is 29.4 Å². The van der Waals surface area contributed by atoms with Gasteiger partial charge in [-0.2, -0.15) is 0 Å². The molecule has 0 aliphatic heterocycles. The number of hydrogen-bond donors (Lipinski definition) is 1. The molecule has 0 bridgehead atoms. The molecule has 0 amide bonds. The number of ether oxygens (including phenoxy) is 1. The molecule has 0 saturated heterocycles. The fourth-order valence-corrected chi connectivity index (χ4v) is 2.68. The molecule has 1 fully saturated rings. The third-order valence-corrected chi connectivity index (χ3v) is 3.74. The zero-order valence-electron chi connectivity index (χ0n) is 10.6. The highest BCUT2D eigenvalue weighted by Gasteiger charge is 2.16. The van der Waals surface area contributed by atoms with E-state index in [1.54, 1.807) is 11.3 Å². The lowest BCUT2D eigenvalue weighted by Crippen LogP contribution is -2.21. The lowest BCUT2D eigenvalue weighted by Gasteiger charge is -2.20. The lowest BCUT2D eigenvalue weighted by molar-refractivity contribution is 0.153. The average molecular weight is 255 g/mol. The minimum Gasteiger partial charge on any atom is -0.466 e. The molecule has 4 nitrogen and oxygen atoms in total. The molecule has 1 aromatic rings. The summed E-state index contributed by atoms with van der Waals surface area (Å²) in [4.78, 5) is 0. The normalized spacial score (nSPS) is 17.6. The SMILES string of the molecule is CC(C)NCc1nnc(OC2CCCCC2)s1. The number of nitrogens with zero attached hydrogens (tertiary/aromatic N) is 2. The highest BCUT2D eigenvalue weighted by molar-refractivity contribution is 7.13. The molecule has 1 aliphatic rings. The molecule has 1 aliphatic carbocycles. The Morgan fingerprint density at radius 3 is 2.76 bits per heavy atom. The minimum absolute atomic E-state index is 0.364. The van der Waals surface area contributed by atoms with Crippen LogP contribution in [0.25, 0.3) is 0 Å². The van der Waals surface area contributed by atoms with Gasteiger partial charge in [0.05, 0.1) is 6.54 Å². The largest absolute Gasteiger partial charge is 0.466 e. The zero-order chi connectivity index (χ0) is 12.1. The van der Waals surface area contributed by atoms with E-state index in [9.17, 15) is 0 Å². The number of hydrogen-bond acceptors (Lipinski definition) is 5. The maximum atomic E-state index is 5.86. The van der Waals surface area contributed by atoms with Gasteiger partial charge in [0.2, 0.25) is 0 Å². The Morgan fingerprint density at radius 1 is 1.29 bits per heavy atom. The summed E-state index contributed by atoms with van der Waals surface area (Å²) in [5.41, 5.74) is 0. The summed E-state index contributed by atoms with van der Waals surface area (Å²) in [6.45, 7) is 5.03. The van der Waals surface area contributed by atoms with Crippen molar-refractivity contribution in [3.8, 4) is 5.19 Å². The third-order valence-electron chi connectivity index (χ3n) is 2.93. The maximum Gasteiger partial charge on any atom is 0.294 e. The second kappa shape index (κ2) is 6.31. The van der Waals surface area contributed by atoms with Crippen LogP contribution in [-0.2, 0) is 6.54 Å². The summed E-state index contributed by atoms with van der Waals surface area (Å²) in [5, 5.41) is 13.3. The monoisotopic (exact) mass is 255 g/mol. The first kappa shape index (κ1) is 12.8. The number of nitrogens with one attached hydrogen (secondary N) is 1. The lowest BCUT2D eigenvalue weighted by atomic mass is 9.98. The van der Waals surface area contributed by atoms with Gasteiger partial charge in [-0.1, -0.05) is 36.7 Å². The zero-order valence-corrected chi connectivity index (χ0v) is 11.4. The van der Waals surface area contributed by atoms with Gasteiger partial charge in [-0.25, -0.2) is 0 Å². The van der Waals surface area contributed by atoms with E-state index in [4.69, 9.17) is 4.74 Å². The van der Waals surface area contributed by atoms with Crippen molar-refractivity contribution in [3.05, 3.63) is 5.01 Å². The summed E-state index contributed by atoms with van der Waals surface area (Å²) < 4.78 is 5.86. The molecule has 5 heteroatoms. The molecule has 0 spiro atoms. The molecular weight excluding hydrogens is 234 g/mol. The molecule has 0 aromatic carbocycles. The quantitative estimate of drug-likeness (QED) is 0.879. The van der Waals surface area contributed by atoms with Crippen molar-refractivity contribution in [1.82, 2.24) is 15.5 Å². The van der Waals surface area contributed by atoms with Crippen molar-refractivity contribution in [3.63, 3.8) is 0 Å². The van der Waals surface area contributed by atoms with Gasteiger partial charge in [0.15, 0.2) is 0 Å². The van der Waals surface area contributed by atoms with Crippen LogP contribution in [0.5, 0.6) is 5.19 Å². The van der Waals surface area contributed by atoms with Crippen LogP contribution in [-0.4, -0.2) is 22.3 Å². The summed E-state index contributed by atoms with van der Waals surface area (Å²) in [6.07, 6.45) is 6.61. The fourth-order valence-electron chi connectivity index (χ4n) is 1.97. The fraction of sp³-hybridized carbons (Fsp3) is 0.833. The molecule has 0 radical (unpaired) electrons. The van der Waals surface area contributed by atoms with Gasteiger partial charge in [0.25, 0.3) is 5.19 Å². The van der Waals surface area contributed by atoms with E-state index in [1.165, 1.54) is 32.1 Å². The van der Waals surface area contributed by atoms with Crippen LogP contribution < -0.4 is 10.1 Å². The topological polar surface area (TPSA) is 47.0 Å². The first-order chi connectivity index (χ1) is 8.24. The van der Waals surface area contributed by atoms with E-state index in [-0.39, 0.29) is 0 Å². The molecule has 1 heterocycles. The van der Waals surface area contributed by atoms with Crippen molar-refractivity contribution in [2.75, 3.05) is 0 Å². The Kier molecular flexibility index (Phi) is 4.74. The number of aromatic nitrogens is 2. The molecule has 0 atom stereocenters. The second-order valence-corrected chi connectivity index (χ2v) is 5.90. The van der Waals surface area contributed by atoms with E-state index < -0.39 is 0 Å². The van der Waals surface area contributed by atoms with Gasteiger partial charge in [0.1, 0.15) is 11.1 Å². The van der Waals surface area contributed by atoms with Crippen molar-refractivity contribution < 1.29 is 4.74 Å². The average Bonchev–Trinajstić information content (AvgIpc) is 2.75. The molecule has 1 saturated carbocycles. The molecule has 2 rings (SSSR count). The van der Waals surface area contributed by atoms with Crippen LogP contribution in [0, 0.1) is 0 Å². The van der Waals surface area contributed by atoms with E-state index in [0.29, 0.717) is 12.1 Å². The predicted molar refractivity (Wildman–Crippen MR) is 69.4 cm³/mol. The van der Waals surface area contributed by atoms with E-state index >= 15 is 0 Å². The van der Waals surface area contributed by atoms with Crippen molar-refractivity contribution in [2.45, 2.75) is 64.6 Å². The first-order valence-corrected chi connectivity index (χ1v) is 7.28. The Bertz CT molecular complexity index is 334. The minimum atomic E-state index is 0.364. The summed E-state index contributed by atoms with van der Waals surface area (Å²) in [6, 6.07) is 0.474. The number of rotatable bonds is 5. The first-order valence-electron chi connectivity index (χ1n) is 6.46. The Balaban J connectivity index is 1.80. The molecule has 17 heavy (non-hydrogen) atoms. The standard InChI is InChI=1S/C12H21N3OS/c1-9(2)13-8-11-14-15-12(17-11)16-10-6-4-3-5-7-10/h9-10,13H,3-8H2,1-2H3. The Hall–Kier alpha value is -0.680. The third kappa shape index (κ3) is 4.24. The molecular formula is C12H21N3OS. The van der Waals surface area contributed by atoms with Gasteiger partial charge in [0, 0.05) is 6.04 Å². The smallest absolute Gasteiger partial charge is 0.294 e. The molecule has 1 N–H and O–H groups in total. The summed E-state index contributed by atoms with van der Waals surface area (Å²) in [7, 11) is 0. The second-order valence-electron chi connectivity index (χ2n) is 4.88. The van der Waals surface area contributed by atoms with Crippen LogP contribution in [0.15, 0.2) is 0 Å². The van der Waals surface area contributed by atoms with Crippen LogP contribution in [0.4, 0.5) is 0 Å². The summed E-state index contributed by atoms with van der Waals surface area (Å²) in [5.74, 6) is 0. The summed E-state index contributed by atoms with van der Waals surface area (Å²) >= 11 is 1.56. The molecule has 96 valence electrons. The van der Waals surface area contributed by atoms with E-state index in [1.807, 2.05) is 0 Å². The van der Waals surface area contributed by atoms with Crippen molar-refractivity contribution >= 4 is 11.3 Å². The van der Waals surface area contributed by atoms with E-state index in [0.717, 1.165) is 16.7 Å². The Labute approximate surface area is 107 Å². The van der Waals surface area contributed by atoms with Crippen LogP contribution in [0.2, 0.25) is 0 Å². The van der Waals surface area contributed by atoms with Gasteiger partial charge in [-0.05, 0) is 25.7 Å². The van der Waals surface area contributed by atoms with Crippen LogP contribution in [0.3, 0.4) is 0 Å². The van der Waals surface area contributed by atoms with Gasteiger partial charge >= 0.3 is 0 Å².